The van der Waals surface area contributed by atoms with Gasteiger partial charge in [-0.1, -0.05) is 13.8 Å². The van der Waals surface area contributed by atoms with E-state index in [0.29, 0.717) is 18.8 Å². The van der Waals surface area contributed by atoms with Crippen LogP contribution in [0.1, 0.15) is 42.8 Å². The number of rotatable bonds is 6. The number of aromatic nitrogens is 2. The molecule has 2 aromatic heterocycles. The lowest BCUT2D eigenvalue weighted by atomic mass is 10.2. The molecule has 2 heterocycles. The second kappa shape index (κ2) is 6.47. The van der Waals surface area contributed by atoms with Gasteiger partial charge in [0, 0.05) is 12.3 Å². The van der Waals surface area contributed by atoms with E-state index in [2.05, 4.69) is 9.36 Å². The van der Waals surface area contributed by atoms with Gasteiger partial charge in [-0.15, -0.1) is 0 Å². The molecule has 2 rings (SSSR count). The van der Waals surface area contributed by atoms with Crippen LogP contribution in [0, 0.1) is 0 Å². The van der Waals surface area contributed by atoms with E-state index in [9.17, 15) is 4.79 Å². The maximum atomic E-state index is 11.5. The smallest absolute Gasteiger partial charge is 0.306 e. The van der Waals surface area contributed by atoms with Crippen molar-refractivity contribution in [3.63, 3.8) is 0 Å². The predicted octanol–water partition coefficient (Wildman–Crippen LogP) is 2.93. The largest absolute Gasteiger partial charge is 0.469 e. The van der Waals surface area contributed by atoms with Crippen LogP contribution in [0.25, 0.3) is 0 Å². The summed E-state index contributed by atoms with van der Waals surface area (Å²) < 4.78 is 14.5. The first-order chi connectivity index (χ1) is 9.15. The van der Waals surface area contributed by atoms with Gasteiger partial charge in [-0.3, -0.25) is 4.79 Å². The maximum absolute atomic E-state index is 11.5. The normalized spacial score (nSPS) is 10.9. The van der Waals surface area contributed by atoms with Crippen LogP contribution in [0.4, 0.5) is 0 Å². The van der Waals surface area contributed by atoms with Gasteiger partial charge in [0.1, 0.15) is 18.2 Å². The lowest BCUT2D eigenvalue weighted by Crippen LogP contribution is -2.05. The molecule has 2 aromatic rings. The minimum atomic E-state index is -0.252. The summed E-state index contributed by atoms with van der Waals surface area (Å²) in [7, 11) is 0. The van der Waals surface area contributed by atoms with E-state index in [1.54, 1.807) is 12.3 Å². The van der Waals surface area contributed by atoms with Crippen LogP contribution >= 0.6 is 11.5 Å². The van der Waals surface area contributed by atoms with Crippen LogP contribution in [-0.2, 0) is 22.6 Å². The average molecular weight is 280 g/mol. The number of hydrogen-bond acceptors (Lipinski definition) is 6. The quantitative estimate of drug-likeness (QED) is 0.761. The van der Waals surface area contributed by atoms with Gasteiger partial charge in [-0.2, -0.15) is 4.37 Å². The van der Waals surface area contributed by atoms with Gasteiger partial charge in [-0.25, -0.2) is 4.98 Å². The molecule has 0 N–H and O–H groups in total. The Kier molecular flexibility index (Phi) is 4.68. The molecule has 19 heavy (non-hydrogen) atoms. The Balaban J connectivity index is 1.73. The molecule has 0 saturated heterocycles. The van der Waals surface area contributed by atoms with E-state index in [-0.39, 0.29) is 12.6 Å². The highest BCUT2D eigenvalue weighted by molar-refractivity contribution is 7.05. The number of furan rings is 1. The Morgan fingerprint density at radius 2 is 2.37 bits per heavy atom. The van der Waals surface area contributed by atoms with E-state index in [1.807, 2.05) is 19.9 Å². The molecular weight excluding hydrogens is 264 g/mol. The first-order valence-electron chi connectivity index (χ1n) is 6.15. The van der Waals surface area contributed by atoms with Crippen LogP contribution in [0.5, 0.6) is 0 Å². The van der Waals surface area contributed by atoms with Gasteiger partial charge in [0.25, 0.3) is 0 Å². The molecule has 0 bridgehead atoms. The van der Waals surface area contributed by atoms with Gasteiger partial charge in [0.2, 0.25) is 0 Å². The molecule has 0 unspecified atom stereocenters. The summed E-state index contributed by atoms with van der Waals surface area (Å²) in [5.41, 5.74) is 0. The third-order valence-corrected chi connectivity index (χ3v) is 3.21. The minimum Gasteiger partial charge on any atom is -0.469 e. The van der Waals surface area contributed by atoms with Gasteiger partial charge >= 0.3 is 5.97 Å². The van der Waals surface area contributed by atoms with Crippen molar-refractivity contribution in [2.75, 3.05) is 0 Å². The molecule has 0 saturated carbocycles. The van der Waals surface area contributed by atoms with Crippen molar-refractivity contribution >= 4 is 17.5 Å². The number of carbonyl (C=O) groups excluding carboxylic acids is 1. The number of ether oxygens (including phenoxy) is 1. The Hall–Kier alpha value is -1.69. The van der Waals surface area contributed by atoms with Crippen molar-refractivity contribution in [1.82, 2.24) is 9.36 Å². The van der Waals surface area contributed by atoms with Crippen molar-refractivity contribution < 1.29 is 13.9 Å². The molecule has 0 fully saturated rings. The van der Waals surface area contributed by atoms with Crippen LogP contribution in [0.2, 0.25) is 0 Å². The summed E-state index contributed by atoms with van der Waals surface area (Å²) in [6.07, 6.45) is 2.46. The van der Waals surface area contributed by atoms with Crippen molar-refractivity contribution in [3.05, 3.63) is 35.0 Å². The standard InChI is InChI=1S/C13H16N2O3S/c1-9(2)13-14-11(19-15-13)8-18-12(16)6-5-10-4-3-7-17-10/h3-4,7,9H,5-6,8H2,1-2H3. The highest BCUT2D eigenvalue weighted by Gasteiger charge is 2.10. The second-order valence-corrected chi connectivity index (χ2v) is 5.28. The van der Waals surface area contributed by atoms with Crippen molar-refractivity contribution in [2.24, 2.45) is 0 Å². The van der Waals surface area contributed by atoms with Crippen molar-refractivity contribution in [2.45, 2.75) is 39.2 Å². The summed E-state index contributed by atoms with van der Waals surface area (Å²) in [5.74, 6) is 1.62. The molecule has 0 amide bonds. The lowest BCUT2D eigenvalue weighted by Gasteiger charge is -2.01. The third kappa shape index (κ3) is 4.17. The zero-order valence-corrected chi connectivity index (χ0v) is 11.8. The van der Waals surface area contributed by atoms with E-state index >= 15 is 0 Å². The Bertz CT molecular complexity index is 520. The first kappa shape index (κ1) is 13.7. The Morgan fingerprint density at radius 1 is 1.53 bits per heavy atom. The van der Waals surface area contributed by atoms with Crippen molar-refractivity contribution in [3.8, 4) is 0 Å². The summed E-state index contributed by atoms with van der Waals surface area (Å²) in [6.45, 7) is 4.25. The van der Waals surface area contributed by atoms with E-state index < -0.39 is 0 Å². The summed E-state index contributed by atoms with van der Waals surface area (Å²) in [6, 6.07) is 3.64. The van der Waals surface area contributed by atoms with Gasteiger partial charge in [0.15, 0.2) is 5.01 Å². The fourth-order valence-corrected chi connectivity index (χ4v) is 2.15. The summed E-state index contributed by atoms with van der Waals surface area (Å²) >= 11 is 1.28. The topological polar surface area (TPSA) is 65.2 Å². The highest BCUT2D eigenvalue weighted by Crippen LogP contribution is 2.14. The van der Waals surface area contributed by atoms with Crippen LogP contribution in [0.3, 0.4) is 0 Å². The van der Waals surface area contributed by atoms with Crippen molar-refractivity contribution in [1.29, 1.82) is 0 Å². The van der Waals surface area contributed by atoms with Gasteiger partial charge in [0.05, 0.1) is 12.7 Å². The fourth-order valence-electron chi connectivity index (χ4n) is 1.46. The first-order valence-corrected chi connectivity index (χ1v) is 6.93. The lowest BCUT2D eigenvalue weighted by molar-refractivity contribution is -0.145. The number of aryl methyl sites for hydroxylation is 1. The molecule has 0 radical (unpaired) electrons. The molecule has 0 aliphatic carbocycles. The fraction of sp³-hybridized carbons (Fsp3) is 0.462. The number of nitrogens with zero attached hydrogens (tertiary/aromatic N) is 2. The predicted molar refractivity (Wildman–Crippen MR) is 70.8 cm³/mol. The number of hydrogen-bond donors (Lipinski definition) is 0. The molecule has 0 atom stereocenters. The minimum absolute atomic E-state index is 0.196. The molecule has 0 aliphatic rings. The molecular formula is C13H16N2O3S. The van der Waals surface area contributed by atoms with Gasteiger partial charge < -0.3 is 9.15 Å². The molecule has 0 aromatic carbocycles. The van der Waals surface area contributed by atoms with E-state index in [0.717, 1.165) is 16.6 Å². The number of esters is 1. The molecule has 0 spiro atoms. The summed E-state index contributed by atoms with van der Waals surface area (Å²) in [5, 5.41) is 0.732. The Labute approximate surface area is 115 Å². The zero-order chi connectivity index (χ0) is 13.7. The number of carbonyl (C=O) groups is 1. The molecule has 6 heteroatoms. The Morgan fingerprint density at radius 3 is 3.00 bits per heavy atom. The van der Waals surface area contributed by atoms with Crippen LogP contribution < -0.4 is 0 Å². The third-order valence-electron chi connectivity index (χ3n) is 2.51. The molecule has 5 nitrogen and oxygen atoms in total. The van der Waals surface area contributed by atoms with Crippen LogP contribution in [-0.4, -0.2) is 15.3 Å². The zero-order valence-electron chi connectivity index (χ0n) is 11.0. The van der Waals surface area contributed by atoms with Gasteiger partial charge in [-0.05, 0) is 23.7 Å². The average Bonchev–Trinajstić information content (AvgIpc) is 3.05. The maximum Gasteiger partial charge on any atom is 0.306 e. The molecule has 0 aliphatic heterocycles. The molecule has 102 valence electrons. The second-order valence-electron chi connectivity index (χ2n) is 4.44. The van der Waals surface area contributed by atoms with E-state index in [4.69, 9.17) is 9.15 Å². The van der Waals surface area contributed by atoms with E-state index in [1.165, 1.54) is 11.5 Å². The summed E-state index contributed by atoms with van der Waals surface area (Å²) in [4.78, 5) is 15.8. The monoisotopic (exact) mass is 280 g/mol. The SMILES string of the molecule is CC(C)c1nsc(COC(=O)CCc2ccco2)n1. The highest BCUT2D eigenvalue weighted by atomic mass is 32.1. The van der Waals surface area contributed by atoms with Crippen LogP contribution in [0.15, 0.2) is 22.8 Å².